The molecule has 5 nitrogen and oxygen atoms in total. The molecule has 4 rings (SSSR count). The van der Waals surface area contributed by atoms with Gasteiger partial charge >= 0.3 is 6.03 Å². The lowest BCUT2D eigenvalue weighted by Gasteiger charge is -2.35. The zero-order valence-corrected chi connectivity index (χ0v) is 20.6. The molecule has 168 valence electrons. The monoisotopic (exact) mass is 468 g/mol. The molecule has 0 aromatic heterocycles. The number of halogens is 1. The van der Waals surface area contributed by atoms with Gasteiger partial charge in [0.2, 0.25) is 0 Å². The van der Waals surface area contributed by atoms with Crippen LogP contribution in [0.3, 0.4) is 0 Å². The fraction of sp³-hybridized carbons (Fsp3) is 0.400. The lowest BCUT2D eigenvalue weighted by atomic mass is 9.98. The number of rotatable bonds is 3. The number of carbonyl (C=O) groups excluding carboxylic acids is 1. The number of hydrogen-bond donors (Lipinski definition) is 1. The number of carbonyl (C=O) groups is 1. The van der Waals surface area contributed by atoms with E-state index >= 15 is 0 Å². The molecule has 0 saturated carbocycles. The summed E-state index contributed by atoms with van der Waals surface area (Å²) in [4.78, 5) is 24.9. The van der Waals surface area contributed by atoms with Crippen LogP contribution in [-0.4, -0.2) is 46.2 Å². The number of thioether (sulfide) groups is 1. The number of amides is 2. The van der Waals surface area contributed by atoms with Gasteiger partial charge in [0, 0.05) is 42.2 Å². The van der Waals surface area contributed by atoms with Gasteiger partial charge < -0.3 is 10.2 Å². The summed E-state index contributed by atoms with van der Waals surface area (Å²) >= 11 is 7.84. The van der Waals surface area contributed by atoms with Crippen molar-refractivity contribution in [3.63, 3.8) is 0 Å². The fourth-order valence-corrected chi connectivity index (χ4v) is 5.03. The van der Waals surface area contributed by atoms with Crippen molar-refractivity contribution in [3.8, 4) is 0 Å². The number of aryl methyl sites for hydroxylation is 3. The molecule has 2 aliphatic heterocycles. The first-order valence-electron chi connectivity index (χ1n) is 11.0. The quantitative estimate of drug-likeness (QED) is 0.579. The summed E-state index contributed by atoms with van der Waals surface area (Å²) in [7, 11) is 0. The number of aliphatic imine (C=N–C) groups is 2. The molecule has 1 spiro atoms. The van der Waals surface area contributed by atoms with Crippen molar-refractivity contribution in [2.75, 3.05) is 24.2 Å². The Hall–Kier alpha value is -2.31. The zero-order chi connectivity index (χ0) is 22.9. The van der Waals surface area contributed by atoms with Crippen molar-refractivity contribution in [2.24, 2.45) is 9.98 Å². The Balaban J connectivity index is 1.50. The van der Waals surface area contributed by atoms with Crippen LogP contribution in [-0.2, 0) is 0 Å². The second-order valence-electron chi connectivity index (χ2n) is 8.47. The molecule has 2 aliphatic rings. The molecular formula is C25H29ClN4OS. The minimum Gasteiger partial charge on any atom is -0.324 e. The molecule has 2 aromatic carbocycles. The molecule has 2 heterocycles. The molecule has 2 amide bonds. The summed E-state index contributed by atoms with van der Waals surface area (Å²) in [6, 6.07) is 11.9. The summed E-state index contributed by atoms with van der Waals surface area (Å²) in [5.74, 6) is 0.951. The molecule has 7 heteroatoms. The normalized spacial score (nSPS) is 17.3. The second kappa shape index (κ2) is 9.28. The van der Waals surface area contributed by atoms with Crippen LogP contribution >= 0.6 is 23.4 Å². The van der Waals surface area contributed by atoms with Crippen LogP contribution in [0.4, 0.5) is 10.5 Å². The minimum absolute atomic E-state index is 0.103. The predicted octanol–water partition coefficient (Wildman–Crippen LogP) is 6.24. The van der Waals surface area contributed by atoms with Gasteiger partial charge in [-0.15, -0.1) is 11.8 Å². The lowest BCUT2D eigenvalue weighted by molar-refractivity contribution is 0.175. The topological polar surface area (TPSA) is 57.1 Å². The third-order valence-corrected chi connectivity index (χ3v) is 7.27. The number of nitrogens with one attached hydrogen (secondary N) is 1. The van der Waals surface area contributed by atoms with Gasteiger partial charge in [-0.1, -0.05) is 36.7 Å². The van der Waals surface area contributed by atoms with Crippen molar-refractivity contribution in [3.05, 3.63) is 63.7 Å². The van der Waals surface area contributed by atoms with Crippen LogP contribution in [0.5, 0.6) is 0 Å². The summed E-state index contributed by atoms with van der Waals surface area (Å²) in [6.45, 7) is 9.58. The summed E-state index contributed by atoms with van der Waals surface area (Å²) in [5, 5.41) is 4.63. The van der Waals surface area contributed by atoms with Crippen molar-refractivity contribution in [2.45, 2.75) is 46.2 Å². The number of piperidine rings is 1. The summed E-state index contributed by atoms with van der Waals surface area (Å²) in [6.07, 6.45) is 1.44. The van der Waals surface area contributed by atoms with E-state index in [2.05, 4.69) is 44.3 Å². The highest BCUT2D eigenvalue weighted by molar-refractivity contribution is 8.15. The molecule has 32 heavy (non-hydrogen) atoms. The van der Waals surface area contributed by atoms with E-state index in [9.17, 15) is 4.79 Å². The highest BCUT2D eigenvalue weighted by Crippen LogP contribution is 2.36. The number of anilines is 1. The highest BCUT2D eigenvalue weighted by Gasteiger charge is 2.40. The van der Waals surface area contributed by atoms with E-state index in [4.69, 9.17) is 21.6 Å². The number of hydrogen-bond acceptors (Lipinski definition) is 4. The summed E-state index contributed by atoms with van der Waals surface area (Å²) < 4.78 is 0. The first-order valence-corrected chi connectivity index (χ1v) is 12.4. The lowest BCUT2D eigenvalue weighted by Crippen LogP contribution is -2.46. The first kappa shape index (κ1) is 22.9. The van der Waals surface area contributed by atoms with E-state index in [0.29, 0.717) is 18.1 Å². The van der Waals surface area contributed by atoms with Gasteiger partial charge in [-0.05, 0) is 61.4 Å². The summed E-state index contributed by atoms with van der Waals surface area (Å²) in [5.41, 5.74) is 5.93. The number of nitrogens with zero attached hydrogens (tertiary/aromatic N) is 3. The Bertz CT molecular complexity index is 1100. The van der Waals surface area contributed by atoms with Crippen molar-refractivity contribution >= 4 is 45.8 Å². The SMILES string of the molecule is CCSC1=NC2(CCN(C(=O)Nc3cc(Cl)ccc3C)CC2)N=C1c1ccc(C)c(C)c1. The molecule has 0 aliphatic carbocycles. The van der Waals surface area contributed by atoms with E-state index in [1.807, 2.05) is 24.0 Å². The van der Waals surface area contributed by atoms with Gasteiger partial charge in [0.05, 0.1) is 5.71 Å². The van der Waals surface area contributed by atoms with Crippen LogP contribution < -0.4 is 5.32 Å². The first-order chi connectivity index (χ1) is 15.3. The Labute approximate surface area is 199 Å². The van der Waals surface area contributed by atoms with Crippen molar-refractivity contribution < 1.29 is 4.79 Å². The Morgan fingerprint density at radius 1 is 1.06 bits per heavy atom. The number of likely N-dealkylation sites (tertiary alicyclic amines) is 1. The fourth-order valence-electron chi connectivity index (χ4n) is 4.05. The highest BCUT2D eigenvalue weighted by atomic mass is 35.5. The molecule has 0 unspecified atom stereocenters. The van der Waals surface area contributed by atoms with Crippen molar-refractivity contribution in [1.82, 2.24) is 4.90 Å². The van der Waals surface area contributed by atoms with Gasteiger partial charge in [0.1, 0.15) is 5.04 Å². The second-order valence-corrected chi connectivity index (χ2v) is 10.2. The molecule has 1 saturated heterocycles. The van der Waals surface area contributed by atoms with E-state index in [0.717, 1.165) is 46.2 Å². The molecule has 0 radical (unpaired) electrons. The maximum atomic E-state index is 12.9. The van der Waals surface area contributed by atoms with Crippen molar-refractivity contribution in [1.29, 1.82) is 0 Å². The van der Waals surface area contributed by atoms with Crippen LogP contribution in [0.1, 0.15) is 42.0 Å². The Kier molecular flexibility index (Phi) is 6.63. The standard InChI is InChI=1S/C25H29ClN4OS/c1-5-32-23-22(19-8-6-16(2)18(4)14-19)28-25(29-23)10-12-30(13-11-25)24(31)27-21-15-20(26)9-7-17(21)3/h6-9,14-15H,5,10-13H2,1-4H3,(H,27,31). The van der Waals surface area contributed by atoms with Gasteiger partial charge in [0.15, 0.2) is 5.66 Å². The largest absolute Gasteiger partial charge is 0.324 e. The van der Waals surface area contributed by atoms with Gasteiger partial charge in [-0.25, -0.2) is 9.79 Å². The van der Waals surface area contributed by atoms with Crippen LogP contribution in [0, 0.1) is 20.8 Å². The third kappa shape index (κ3) is 4.71. The Morgan fingerprint density at radius 2 is 1.78 bits per heavy atom. The molecule has 1 fully saturated rings. The van der Waals surface area contributed by atoms with E-state index in [-0.39, 0.29) is 6.03 Å². The predicted molar refractivity (Wildman–Crippen MR) is 137 cm³/mol. The maximum Gasteiger partial charge on any atom is 0.321 e. The van der Waals surface area contributed by atoms with E-state index < -0.39 is 5.66 Å². The third-order valence-electron chi connectivity index (χ3n) is 6.19. The molecule has 0 bridgehead atoms. The van der Waals surface area contributed by atoms with E-state index in [1.165, 1.54) is 11.1 Å². The van der Waals surface area contributed by atoms with E-state index in [1.54, 1.807) is 17.8 Å². The van der Waals surface area contributed by atoms with Gasteiger partial charge in [-0.3, -0.25) is 4.99 Å². The molecule has 0 atom stereocenters. The Morgan fingerprint density at radius 3 is 2.47 bits per heavy atom. The number of benzene rings is 2. The molecular weight excluding hydrogens is 440 g/mol. The van der Waals surface area contributed by atoms with Crippen LogP contribution in [0.25, 0.3) is 0 Å². The minimum atomic E-state index is -0.464. The molecule has 1 N–H and O–H groups in total. The average molecular weight is 469 g/mol. The van der Waals surface area contributed by atoms with Crippen LogP contribution in [0.15, 0.2) is 46.4 Å². The molecule has 2 aromatic rings. The average Bonchev–Trinajstić information content (AvgIpc) is 3.11. The zero-order valence-electron chi connectivity index (χ0n) is 19.0. The maximum absolute atomic E-state index is 12.9. The van der Waals surface area contributed by atoms with Crippen LogP contribution in [0.2, 0.25) is 5.02 Å². The smallest absolute Gasteiger partial charge is 0.321 e. The van der Waals surface area contributed by atoms with Gasteiger partial charge in [-0.2, -0.15) is 0 Å². The number of urea groups is 1. The van der Waals surface area contributed by atoms with Gasteiger partial charge in [0.25, 0.3) is 0 Å².